The molecule has 0 saturated heterocycles. The monoisotopic (exact) mass is 282 g/mol. The highest BCUT2D eigenvalue weighted by molar-refractivity contribution is 6.30. The number of nitrogens with zero attached hydrogens (tertiary/aromatic N) is 2. The van der Waals surface area contributed by atoms with E-state index in [1.807, 2.05) is 28.9 Å². The molecular formula is C13H12Cl2N2O. The van der Waals surface area contributed by atoms with Crippen LogP contribution >= 0.6 is 23.2 Å². The van der Waals surface area contributed by atoms with Crippen LogP contribution < -0.4 is 0 Å². The molecule has 1 aromatic carbocycles. The minimum absolute atomic E-state index is 0.559. The molecule has 0 aliphatic carbocycles. The van der Waals surface area contributed by atoms with Gasteiger partial charge in [-0.3, -0.25) is 0 Å². The average molecular weight is 283 g/mol. The zero-order valence-corrected chi connectivity index (χ0v) is 11.2. The highest BCUT2D eigenvalue weighted by Crippen LogP contribution is 2.25. The molecule has 0 bridgehead atoms. The Morgan fingerprint density at radius 2 is 2.22 bits per heavy atom. The summed E-state index contributed by atoms with van der Waals surface area (Å²) in [6.45, 7) is 1.91. The van der Waals surface area contributed by atoms with Crippen LogP contribution in [0, 0.1) is 0 Å². The normalized spacial score (nSPS) is 14.6. The largest absolute Gasteiger partial charge is 0.376 e. The fourth-order valence-electron chi connectivity index (χ4n) is 2.12. The molecule has 0 amide bonds. The van der Waals surface area contributed by atoms with E-state index in [0.29, 0.717) is 18.3 Å². The molecule has 0 atom stereocenters. The van der Waals surface area contributed by atoms with E-state index in [-0.39, 0.29) is 0 Å². The van der Waals surface area contributed by atoms with Crippen LogP contribution in [-0.2, 0) is 24.3 Å². The number of halogens is 2. The van der Waals surface area contributed by atoms with Gasteiger partial charge in [-0.15, -0.1) is 0 Å². The lowest BCUT2D eigenvalue weighted by Gasteiger charge is -2.09. The lowest BCUT2D eigenvalue weighted by atomic mass is 10.2. The van der Waals surface area contributed by atoms with Crippen molar-refractivity contribution < 1.29 is 4.74 Å². The summed E-state index contributed by atoms with van der Waals surface area (Å²) >= 11 is 12.3. The molecule has 0 N–H and O–H groups in total. The first kappa shape index (κ1) is 12.0. The molecule has 2 aromatic rings. The molecule has 2 heterocycles. The number of rotatable bonds is 2. The molecule has 5 heteroatoms. The zero-order valence-electron chi connectivity index (χ0n) is 9.70. The summed E-state index contributed by atoms with van der Waals surface area (Å²) in [5.74, 6) is 0. The van der Waals surface area contributed by atoms with Crippen molar-refractivity contribution in [3.8, 4) is 0 Å². The Bertz CT molecular complexity index is 580. The van der Waals surface area contributed by atoms with E-state index in [4.69, 9.17) is 27.9 Å². The molecular weight excluding hydrogens is 271 g/mol. The van der Waals surface area contributed by atoms with E-state index >= 15 is 0 Å². The van der Waals surface area contributed by atoms with Crippen LogP contribution in [0.3, 0.4) is 0 Å². The van der Waals surface area contributed by atoms with Crippen LogP contribution in [0.15, 0.2) is 24.3 Å². The molecule has 1 aromatic heterocycles. The smallest absolute Gasteiger partial charge is 0.133 e. The van der Waals surface area contributed by atoms with Crippen LogP contribution in [0.4, 0.5) is 0 Å². The first-order valence-electron chi connectivity index (χ1n) is 5.80. The summed E-state index contributed by atoms with van der Waals surface area (Å²) in [4.78, 5) is 0. The van der Waals surface area contributed by atoms with Gasteiger partial charge in [0.2, 0.25) is 0 Å². The van der Waals surface area contributed by atoms with Crippen molar-refractivity contribution in [3.63, 3.8) is 0 Å². The molecule has 94 valence electrons. The minimum Gasteiger partial charge on any atom is -0.376 e. The number of ether oxygens (including phenoxy) is 1. The topological polar surface area (TPSA) is 27.1 Å². The number of aromatic nitrogens is 2. The van der Waals surface area contributed by atoms with Crippen LogP contribution in [0.25, 0.3) is 0 Å². The van der Waals surface area contributed by atoms with Gasteiger partial charge in [0, 0.05) is 17.0 Å². The number of hydrogen-bond acceptors (Lipinski definition) is 2. The van der Waals surface area contributed by atoms with Gasteiger partial charge in [0.1, 0.15) is 5.15 Å². The predicted octanol–water partition coefficient (Wildman–Crippen LogP) is 3.31. The van der Waals surface area contributed by atoms with Gasteiger partial charge in [-0.1, -0.05) is 35.3 Å². The fraction of sp³-hybridized carbons (Fsp3) is 0.308. The first-order valence-corrected chi connectivity index (χ1v) is 6.56. The van der Waals surface area contributed by atoms with E-state index < -0.39 is 0 Å². The van der Waals surface area contributed by atoms with E-state index in [2.05, 4.69) is 5.10 Å². The second kappa shape index (κ2) is 4.92. The Balaban J connectivity index is 1.91. The lowest BCUT2D eigenvalue weighted by molar-refractivity contribution is 0.110. The van der Waals surface area contributed by atoms with Crippen molar-refractivity contribution in [1.29, 1.82) is 0 Å². The van der Waals surface area contributed by atoms with Crippen molar-refractivity contribution in [2.75, 3.05) is 6.61 Å². The maximum absolute atomic E-state index is 6.32. The average Bonchev–Trinajstić information content (AvgIpc) is 2.67. The third kappa shape index (κ3) is 2.26. The third-order valence-corrected chi connectivity index (χ3v) is 3.67. The molecule has 0 fully saturated rings. The lowest BCUT2D eigenvalue weighted by Crippen LogP contribution is -2.08. The van der Waals surface area contributed by atoms with E-state index in [1.54, 1.807) is 0 Å². The zero-order chi connectivity index (χ0) is 12.5. The van der Waals surface area contributed by atoms with E-state index in [0.717, 1.165) is 34.9 Å². The fourth-order valence-corrected chi connectivity index (χ4v) is 2.60. The number of benzene rings is 1. The van der Waals surface area contributed by atoms with Gasteiger partial charge in [0.25, 0.3) is 0 Å². The Labute approximate surface area is 115 Å². The highest BCUT2D eigenvalue weighted by Gasteiger charge is 2.19. The Hall–Kier alpha value is -1.03. The molecule has 3 rings (SSSR count). The molecule has 0 saturated carbocycles. The maximum atomic E-state index is 6.32. The second-order valence-corrected chi connectivity index (χ2v) is 5.10. The second-order valence-electron chi connectivity index (χ2n) is 4.31. The molecule has 3 nitrogen and oxygen atoms in total. The summed E-state index contributed by atoms with van der Waals surface area (Å²) in [5, 5.41) is 5.93. The predicted molar refractivity (Wildman–Crippen MR) is 71.2 cm³/mol. The van der Waals surface area contributed by atoms with E-state index in [1.165, 1.54) is 0 Å². The van der Waals surface area contributed by atoms with Crippen LogP contribution in [0.2, 0.25) is 10.2 Å². The van der Waals surface area contributed by atoms with Gasteiger partial charge in [-0.25, -0.2) is 4.68 Å². The van der Waals surface area contributed by atoms with Crippen molar-refractivity contribution in [1.82, 2.24) is 9.78 Å². The molecule has 0 spiro atoms. The number of fused-ring (bicyclic) bond motifs is 1. The van der Waals surface area contributed by atoms with Gasteiger partial charge in [0.15, 0.2) is 0 Å². The molecule has 18 heavy (non-hydrogen) atoms. The molecule has 1 aliphatic rings. The number of hydrogen-bond donors (Lipinski definition) is 0. The summed E-state index contributed by atoms with van der Waals surface area (Å²) in [6.07, 6.45) is 0.831. The van der Waals surface area contributed by atoms with Crippen LogP contribution in [0.1, 0.15) is 16.8 Å². The Kier molecular flexibility index (Phi) is 3.29. The van der Waals surface area contributed by atoms with Crippen molar-refractivity contribution in [2.45, 2.75) is 19.6 Å². The van der Waals surface area contributed by atoms with Gasteiger partial charge in [0.05, 0.1) is 25.5 Å². The molecule has 0 radical (unpaired) electrons. The molecule has 1 aliphatic heterocycles. The summed E-state index contributed by atoms with van der Waals surface area (Å²) < 4.78 is 7.21. The van der Waals surface area contributed by atoms with Crippen LogP contribution in [-0.4, -0.2) is 16.4 Å². The quantitative estimate of drug-likeness (QED) is 0.845. The van der Waals surface area contributed by atoms with Crippen molar-refractivity contribution >= 4 is 23.2 Å². The molecule has 0 unspecified atom stereocenters. The van der Waals surface area contributed by atoms with Gasteiger partial charge >= 0.3 is 0 Å². The van der Waals surface area contributed by atoms with Crippen molar-refractivity contribution in [3.05, 3.63) is 51.3 Å². The first-order chi connectivity index (χ1) is 8.74. The third-order valence-electron chi connectivity index (χ3n) is 3.02. The summed E-state index contributed by atoms with van der Waals surface area (Å²) in [6, 6.07) is 7.72. The Morgan fingerprint density at radius 3 is 3.00 bits per heavy atom. The minimum atomic E-state index is 0.559. The van der Waals surface area contributed by atoms with Crippen LogP contribution in [0.5, 0.6) is 0 Å². The van der Waals surface area contributed by atoms with Gasteiger partial charge in [-0.2, -0.15) is 5.10 Å². The van der Waals surface area contributed by atoms with E-state index in [9.17, 15) is 0 Å². The highest BCUT2D eigenvalue weighted by atomic mass is 35.5. The van der Waals surface area contributed by atoms with Gasteiger partial charge in [-0.05, 0) is 17.7 Å². The Morgan fingerprint density at radius 1 is 1.33 bits per heavy atom. The van der Waals surface area contributed by atoms with Gasteiger partial charge < -0.3 is 4.74 Å². The summed E-state index contributed by atoms with van der Waals surface area (Å²) in [5.41, 5.74) is 3.16. The van der Waals surface area contributed by atoms with Crippen molar-refractivity contribution in [2.24, 2.45) is 0 Å². The SMILES string of the molecule is Clc1cccc(Cn2nc3c(c2Cl)COCC3)c1. The maximum Gasteiger partial charge on any atom is 0.133 e. The standard InChI is InChI=1S/C13H12Cl2N2O/c14-10-3-1-2-9(6-10)7-17-13(15)11-8-18-5-4-12(11)16-17/h1-3,6H,4-5,7-8H2. The summed E-state index contributed by atoms with van der Waals surface area (Å²) in [7, 11) is 0.